The van der Waals surface area contributed by atoms with Gasteiger partial charge in [-0.2, -0.15) is 0 Å². The lowest BCUT2D eigenvalue weighted by atomic mass is 9.33. The van der Waals surface area contributed by atoms with Crippen LogP contribution in [0.2, 0.25) is 0 Å². The van der Waals surface area contributed by atoms with E-state index in [9.17, 15) is 9.90 Å². The Bertz CT molecular complexity index is 1580. The molecule has 5 aliphatic rings. The van der Waals surface area contributed by atoms with Crippen LogP contribution < -0.4 is 10.6 Å². The van der Waals surface area contributed by atoms with E-state index in [0.29, 0.717) is 40.1 Å². The van der Waals surface area contributed by atoms with Crippen molar-refractivity contribution in [3.63, 3.8) is 0 Å². The van der Waals surface area contributed by atoms with Crippen LogP contribution in [-0.4, -0.2) is 29.7 Å². The maximum absolute atomic E-state index is 11.5. The number of anilines is 1. The number of carboxylic acids is 1. The quantitative estimate of drug-likeness (QED) is 0.197. The van der Waals surface area contributed by atoms with Crippen molar-refractivity contribution in [2.24, 2.45) is 51.2 Å². The zero-order valence-electron chi connectivity index (χ0n) is 30.5. The lowest BCUT2D eigenvalue weighted by molar-refractivity contribution is -0.219. The Balaban J connectivity index is 1.16. The van der Waals surface area contributed by atoms with Crippen LogP contribution in [-0.2, 0) is 0 Å². The van der Waals surface area contributed by atoms with E-state index in [4.69, 9.17) is 0 Å². The van der Waals surface area contributed by atoms with Gasteiger partial charge in [0.15, 0.2) is 0 Å². The summed E-state index contributed by atoms with van der Waals surface area (Å²) in [5, 5.41) is 17.4. The fraction of sp³-hybridized carbons (Fsp3) is 0.614. The highest BCUT2D eigenvalue weighted by Crippen LogP contribution is 2.76. The standard InChI is InChI=1S/C44H60N2O2/c1-29(2)33-19-24-44(46-28-27-45-32-11-9-8-10-12-32)26-25-42(6)35(38(33)44)17-18-37-41(5)22-20-34(30-13-15-31(16-14-30)39(47)48)40(3,4)36(41)21-23-43(37,42)7/h8-16,20,33,35-38,45-46H,1,17-19,21-28H2,2-7H3,(H,47,48). The topological polar surface area (TPSA) is 61.4 Å². The summed E-state index contributed by atoms with van der Waals surface area (Å²) in [5.41, 5.74) is 6.72. The summed E-state index contributed by atoms with van der Waals surface area (Å²) in [5.74, 6) is 2.46. The Labute approximate surface area is 290 Å². The van der Waals surface area contributed by atoms with Gasteiger partial charge < -0.3 is 15.7 Å². The Hall–Kier alpha value is -2.85. The minimum Gasteiger partial charge on any atom is -0.478 e. The summed E-state index contributed by atoms with van der Waals surface area (Å²) < 4.78 is 0. The maximum Gasteiger partial charge on any atom is 0.335 e. The number of fused-ring (bicyclic) bond motifs is 7. The van der Waals surface area contributed by atoms with Gasteiger partial charge in [0.05, 0.1) is 5.56 Å². The van der Waals surface area contributed by atoms with E-state index < -0.39 is 5.97 Å². The molecule has 4 fully saturated rings. The minimum absolute atomic E-state index is 0.0345. The smallest absolute Gasteiger partial charge is 0.335 e. The monoisotopic (exact) mass is 648 g/mol. The number of hydrogen-bond acceptors (Lipinski definition) is 3. The van der Waals surface area contributed by atoms with Crippen LogP contribution in [0.1, 0.15) is 115 Å². The number of carboxylic acid groups (broad SMARTS) is 1. The van der Waals surface area contributed by atoms with Gasteiger partial charge in [0.1, 0.15) is 0 Å². The van der Waals surface area contributed by atoms with Crippen LogP contribution in [0.25, 0.3) is 5.57 Å². The number of hydrogen-bond donors (Lipinski definition) is 3. The Morgan fingerprint density at radius 1 is 0.833 bits per heavy atom. The molecule has 4 saturated carbocycles. The van der Waals surface area contributed by atoms with E-state index in [2.05, 4.69) is 95.2 Å². The van der Waals surface area contributed by atoms with Crippen molar-refractivity contribution in [3.05, 3.63) is 84.0 Å². The molecule has 9 atom stereocenters. The Kier molecular flexibility index (Phi) is 8.33. The second-order valence-corrected chi connectivity index (χ2v) is 18.0. The molecular formula is C44H60N2O2. The van der Waals surface area contributed by atoms with Gasteiger partial charge in [-0.3, -0.25) is 0 Å². The summed E-state index contributed by atoms with van der Waals surface area (Å²) in [6.45, 7) is 22.0. The van der Waals surface area contributed by atoms with Crippen molar-refractivity contribution in [2.45, 2.75) is 105 Å². The molecule has 4 heteroatoms. The first-order chi connectivity index (χ1) is 22.8. The molecule has 0 radical (unpaired) electrons. The Morgan fingerprint density at radius 2 is 1.56 bits per heavy atom. The maximum atomic E-state index is 11.5. The third kappa shape index (κ3) is 4.97. The summed E-state index contributed by atoms with van der Waals surface area (Å²) >= 11 is 0. The van der Waals surface area contributed by atoms with Crippen LogP contribution in [0.5, 0.6) is 0 Å². The molecule has 258 valence electrons. The van der Waals surface area contributed by atoms with Crippen molar-refractivity contribution in [1.29, 1.82) is 0 Å². The molecule has 2 aromatic carbocycles. The predicted molar refractivity (Wildman–Crippen MR) is 199 cm³/mol. The SMILES string of the molecule is C=C(C)C1CCC2(NCCNc3ccccc3)CCC3(C)C(CCC4C5(C)CC=C(c6ccc(C(=O)O)cc6)C(C)(C)C5CCC43C)C12. The van der Waals surface area contributed by atoms with Gasteiger partial charge in [0.2, 0.25) is 0 Å². The molecule has 4 nitrogen and oxygen atoms in total. The van der Waals surface area contributed by atoms with Crippen LogP contribution in [0.15, 0.2) is 72.8 Å². The van der Waals surface area contributed by atoms with E-state index in [1.807, 2.05) is 12.1 Å². The highest BCUT2D eigenvalue weighted by molar-refractivity contribution is 5.88. The number of aromatic carboxylic acids is 1. The molecule has 0 bridgehead atoms. The molecule has 9 unspecified atom stereocenters. The normalized spacial score (nSPS) is 39.6. The molecule has 0 heterocycles. The first-order valence-electron chi connectivity index (χ1n) is 19.0. The molecule has 0 aliphatic heterocycles. The lowest BCUT2D eigenvalue weighted by Crippen LogP contribution is -2.68. The summed E-state index contributed by atoms with van der Waals surface area (Å²) in [7, 11) is 0. The van der Waals surface area contributed by atoms with Gasteiger partial charge in [-0.1, -0.05) is 83.2 Å². The van der Waals surface area contributed by atoms with Crippen molar-refractivity contribution >= 4 is 17.2 Å². The van der Waals surface area contributed by atoms with E-state index in [0.717, 1.165) is 25.4 Å². The summed E-state index contributed by atoms with van der Waals surface area (Å²) in [6.07, 6.45) is 14.1. The van der Waals surface area contributed by atoms with E-state index >= 15 is 0 Å². The first-order valence-corrected chi connectivity index (χ1v) is 19.0. The number of nitrogens with one attached hydrogen (secondary N) is 2. The number of carbonyl (C=O) groups is 1. The average molecular weight is 649 g/mol. The van der Waals surface area contributed by atoms with Crippen LogP contribution in [0, 0.1) is 51.2 Å². The first kappa shape index (κ1) is 33.6. The van der Waals surface area contributed by atoms with Gasteiger partial charge in [-0.25, -0.2) is 4.79 Å². The van der Waals surface area contributed by atoms with Crippen LogP contribution in [0.4, 0.5) is 5.69 Å². The molecule has 0 aromatic heterocycles. The third-order valence-electron chi connectivity index (χ3n) is 15.8. The zero-order chi connectivity index (χ0) is 34.1. The number of allylic oxidation sites excluding steroid dienone is 3. The molecule has 7 rings (SSSR count). The zero-order valence-corrected chi connectivity index (χ0v) is 30.5. The van der Waals surface area contributed by atoms with E-state index in [1.54, 1.807) is 12.1 Å². The van der Waals surface area contributed by atoms with Gasteiger partial charge in [-0.15, -0.1) is 0 Å². The van der Waals surface area contributed by atoms with E-state index in [1.165, 1.54) is 73.8 Å². The molecule has 0 saturated heterocycles. The minimum atomic E-state index is -0.857. The lowest BCUT2D eigenvalue weighted by Gasteiger charge is -2.72. The van der Waals surface area contributed by atoms with Gasteiger partial charge >= 0.3 is 5.97 Å². The molecule has 0 amide bonds. The second kappa shape index (κ2) is 11.9. The second-order valence-electron chi connectivity index (χ2n) is 18.0. The highest BCUT2D eigenvalue weighted by Gasteiger charge is 2.70. The molecule has 48 heavy (non-hydrogen) atoms. The fourth-order valence-corrected chi connectivity index (χ4v) is 13.4. The van der Waals surface area contributed by atoms with Gasteiger partial charge in [0.25, 0.3) is 0 Å². The largest absolute Gasteiger partial charge is 0.478 e. The number of para-hydroxylation sites is 1. The van der Waals surface area contributed by atoms with Crippen molar-refractivity contribution in [2.75, 3.05) is 18.4 Å². The fourth-order valence-electron chi connectivity index (χ4n) is 13.4. The summed E-state index contributed by atoms with van der Waals surface area (Å²) in [6, 6.07) is 18.3. The van der Waals surface area contributed by atoms with Gasteiger partial charge in [0, 0.05) is 24.3 Å². The molecule has 0 spiro atoms. The Morgan fingerprint density at radius 3 is 2.25 bits per heavy atom. The number of rotatable bonds is 8. The van der Waals surface area contributed by atoms with Crippen molar-refractivity contribution < 1.29 is 9.90 Å². The van der Waals surface area contributed by atoms with Crippen molar-refractivity contribution in [3.8, 4) is 0 Å². The third-order valence-corrected chi connectivity index (χ3v) is 15.8. The average Bonchev–Trinajstić information content (AvgIpc) is 3.44. The molecule has 2 aromatic rings. The van der Waals surface area contributed by atoms with Crippen molar-refractivity contribution in [1.82, 2.24) is 5.32 Å². The molecular weight excluding hydrogens is 588 g/mol. The van der Waals surface area contributed by atoms with E-state index in [-0.39, 0.29) is 16.4 Å². The van der Waals surface area contributed by atoms with Gasteiger partial charge in [-0.05, 0) is 151 Å². The molecule has 3 N–H and O–H groups in total. The predicted octanol–water partition coefficient (Wildman–Crippen LogP) is 10.5. The summed E-state index contributed by atoms with van der Waals surface area (Å²) in [4.78, 5) is 11.5. The van der Waals surface area contributed by atoms with Crippen LogP contribution >= 0.6 is 0 Å². The molecule has 5 aliphatic carbocycles. The van der Waals surface area contributed by atoms with Crippen LogP contribution in [0.3, 0.4) is 0 Å². The highest BCUT2D eigenvalue weighted by atomic mass is 16.4. The number of benzene rings is 2.